The van der Waals surface area contributed by atoms with E-state index in [1.54, 1.807) is 4.90 Å². The number of likely N-dealkylation sites (tertiary alicyclic amines) is 1. The minimum atomic E-state index is -4.42. The largest absolute Gasteiger partial charge is 0.416 e. The van der Waals surface area contributed by atoms with E-state index in [1.807, 2.05) is 0 Å². The summed E-state index contributed by atoms with van der Waals surface area (Å²) in [6.07, 6.45) is 0.251. The predicted molar refractivity (Wildman–Crippen MR) is 99.2 cm³/mol. The normalized spacial score (nSPS) is 24.0. The Labute approximate surface area is 167 Å². The van der Waals surface area contributed by atoms with Crippen molar-refractivity contribution in [1.29, 1.82) is 0 Å². The fourth-order valence-corrected chi connectivity index (χ4v) is 4.15. The minimum Gasteiger partial charge on any atom is -0.362 e. The Morgan fingerprint density at radius 2 is 1.72 bits per heavy atom. The van der Waals surface area contributed by atoms with Gasteiger partial charge in [-0.3, -0.25) is 9.59 Å². The van der Waals surface area contributed by atoms with Gasteiger partial charge in [0.2, 0.25) is 5.91 Å². The number of amides is 2. The molecule has 4 rings (SSSR count). The van der Waals surface area contributed by atoms with Crippen molar-refractivity contribution in [3.63, 3.8) is 0 Å². The van der Waals surface area contributed by atoms with Crippen LogP contribution < -0.4 is 5.32 Å². The van der Waals surface area contributed by atoms with Gasteiger partial charge in [0.1, 0.15) is 6.10 Å². The monoisotopic (exact) mass is 410 g/mol. The molecule has 29 heavy (non-hydrogen) atoms. The highest BCUT2D eigenvalue weighted by atomic mass is 19.4. The van der Waals surface area contributed by atoms with E-state index in [0.717, 1.165) is 25.1 Å². The van der Waals surface area contributed by atoms with E-state index in [1.165, 1.54) is 25.0 Å². The molecule has 0 bridgehead atoms. The lowest BCUT2D eigenvalue weighted by atomic mass is 9.88. The summed E-state index contributed by atoms with van der Waals surface area (Å²) in [6.45, 7) is 1.66. The fraction of sp³-hybridized carbons (Fsp3) is 0.619. The Morgan fingerprint density at radius 1 is 1.07 bits per heavy atom. The van der Waals surface area contributed by atoms with Gasteiger partial charge in [-0.15, -0.1) is 0 Å². The Hall–Kier alpha value is -2.09. The fourth-order valence-electron chi connectivity index (χ4n) is 4.15. The van der Waals surface area contributed by atoms with Crippen LogP contribution in [-0.4, -0.2) is 48.1 Å². The van der Waals surface area contributed by atoms with Gasteiger partial charge < -0.3 is 15.0 Å². The molecule has 1 aliphatic carbocycles. The van der Waals surface area contributed by atoms with Crippen LogP contribution in [0.3, 0.4) is 0 Å². The third kappa shape index (κ3) is 4.57. The number of carbonyl (C=O) groups is 2. The second-order valence-corrected chi connectivity index (χ2v) is 8.38. The number of hydrogen-bond donors (Lipinski definition) is 1. The molecular formula is C21H25F3N2O3. The van der Waals surface area contributed by atoms with Crippen LogP contribution in [0.4, 0.5) is 13.2 Å². The highest BCUT2D eigenvalue weighted by Gasteiger charge is 2.45. The second kappa shape index (κ2) is 7.63. The number of nitrogens with zero attached hydrogens (tertiary/aromatic N) is 1. The van der Waals surface area contributed by atoms with E-state index in [9.17, 15) is 22.8 Å². The molecule has 1 aromatic carbocycles. The summed E-state index contributed by atoms with van der Waals surface area (Å²) < 4.78 is 44.2. The topological polar surface area (TPSA) is 58.6 Å². The highest BCUT2D eigenvalue weighted by molar-refractivity contribution is 5.94. The van der Waals surface area contributed by atoms with Crippen LogP contribution in [-0.2, 0) is 15.7 Å². The highest BCUT2D eigenvalue weighted by Crippen LogP contribution is 2.39. The molecule has 1 spiro atoms. The van der Waals surface area contributed by atoms with Crippen molar-refractivity contribution in [2.24, 2.45) is 5.92 Å². The molecule has 0 radical (unpaired) electrons. The van der Waals surface area contributed by atoms with Crippen LogP contribution in [0.15, 0.2) is 24.3 Å². The third-order valence-electron chi connectivity index (χ3n) is 6.23. The molecule has 2 aliphatic heterocycles. The summed E-state index contributed by atoms with van der Waals surface area (Å²) in [4.78, 5) is 26.6. The molecule has 1 atom stereocenters. The molecule has 3 aliphatic rings. The van der Waals surface area contributed by atoms with Crippen LogP contribution in [0.5, 0.6) is 0 Å². The van der Waals surface area contributed by atoms with Gasteiger partial charge in [-0.05, 0) is 68.7 Å². The van der Waals surface area contributed by atoms with E-state index in [0.29, 0.717) is 38.3 Å². The van der Waals surface area contributed by atoms with Crippen LogP contribution >= 0.6 is 0 Å². The molecule has 8 heteroatoms. The lowest BCUT2D eigenvalue weighted by Crippen LogP contribution is -2.47. The summed E-state index contributed by atoms with van der Waals surface area (Å²) in [7, 11) is 0. The first-order valence-electron chi connectivity index (χ1n) is 10.2. The van der Waals surface area contributed by atoms with Crippen molar-refractivity contribution in [2.75, 3.05) is 19.6 Å². The Bertz CT molecular complexity index is 766. The smallest absolute Gasteiger partial charge is 0.362 e. The first kappa shape index (κ1) is 20.2. The van der Waals surface area contributed by atoms with Gasteiger partial charge in [0.15, 0.2) is 0 Å². The van der Waals surface area contributed by atoms with Crippen molar-refractivity contribution in [1.82, 2.24) is 10.2 Å². The SMILES string of the molecule is O=C(NCC1CC1)C1CCC2(CCN(C(=O)c3ccc(C(F)(F)F)cc3)CC2)O1. The van der Waals surface area contributed by atoms with Gasteiger partial charge in [0.05, 0.1) is 11.2 Å². The molecule has 158 valence electrons. The van der Waals surface area contributed by atoms with Gasteiger partial charge in [0.25, 0.3) is 5.91 Å². The maximum atomic E-state index is 12.7. The van der Waals surface area contributed by atoms with Gasteiger partial charge >= 0.3 is 6.18 Å². The number of rotatable bonds is 4. The summed E-state index contributed by atoms with van der Waals surface area (Å²) in [5, 5.41) is 2.96. The molecule has 2 heterocycles. The van der Waals surface area contributed by atoms with E-state index in [2.05, 4.69) is 5.32 Å². The number of halogens is 3. The van der Waals surface area contributed by atoms with Gasteiger partial charge in [-0.1, -0.05) is 0 Å². The number of piperidine rings is 1. The number of hydrogen-bond acceptors (Lipinski definition) is 3. The first-order valence-corrected chi connectivity index (χ1v) is 10.2. The maximum Gasteiger partial charge on any atom is 0.416 e. The second-order valence-electron chi connectivity index (χ2n) is 8.38. The van der Waals surface area contributed by atoms with Crippen LogP contribution in [0.1, 0.15) is 54.4 Å². The van der Waals surface area contributed by atoms with E-state index >= 15 is 0 Å². The number of nitrogens with one attached hydrogen (secondary N) is 1. The summed E-state index contributed by atoms with van der Waals surface area (Å²) in [5.74, 6) is 0.302. The summed E-state index contributed by atoms with van der Waals surface area (Å²) in [5.41, 5.74) is -0.894. The maximum absolute atomic E-state index is 12.7. The summed E-state index contributed by atoms with van der Waals surface area (Å²) >= 11 is 0. The van der Waals surface area contributed by atoms with Crippen LogP contribution in [0, 0.1) is 5.92 Å². The zero-order valence-corrected chi connectivity index (χ0v) is 16.1. The van der Waals surface area contributed by atoms with Gasteiger partial charge in [0, 0.05) is 25.2 Å². The summed E-state index contributed by atoms with van der Waals surface area (Å²) in [6, 6.07) is 4.32. The van der Waals surface area contributed by atoms with E-state index in [4.69, 9.17) is 4.74 Å². The average Bonchev–Trinajstić information content (AvgIpc) is 3.45. The first-order chi connectivity index (χ1) is 13.8. The quantitative estimate of drug-likeness (QED) is 0.828. The molecule has 1 N–H and O–H groups in total. The van der Waals surface area contributed by atoms with Crippen molar-refractivity contribution < 1.29 is 27.5 Å². The number of ether oxygens (including phenoxy) is 1. The standard InChI is InChI=1S/C21H25F3N2O3/c22-21(23,24)16-5-3-15(4-6-16)19(28)26-11-9-20(10-12-26)8-7-17(29-20)18(27)25-13-14-1-2-14/h3-6,14,17H,1-2,7-13H2,(H,25,27). The molecule has 0 aromatic heterocycles. The molecular weight excluding hydrogens is 385 g/mol. The molecule has 1 aromatic rings. The number of carbonyl (C=O) groups excluding carboxylic acids is 2. The zero-order valence-electron chi connectivity index (χ0n) is 16.1. The molecule has 2 saturated heterocycles. The number of alkyl halides is 3. The average molecular weight is 410 g/mol. The van der Waals surface area contributed by atoms with Crippen molar-refractivity contribution in [3.8, 4) is 0 Å². The Balaban J connectivity index is 1.29. The van der Waals surface area contributed by atoms with Crippen LogP contribution in [0.25, 0.3) is 0 Å². The Kier molecular flexibility index (Phi) is 5.31. The lowest BCUT2D eigenvalue weighted by Gasteiger charge is -2.39. The van der Waals surface area contributed by atoms with Crippen molar-refractivity contribution in [2.45, 2.75) is 56.4 Å². The van der Waals surface area contributed by atoms with Gasteiger partial charge in [-0.2, -0.15) is 13.2 Å². The predicted octanol–water partition coefficient (Wildman–Crippen LogP) is 3.39. The van der Waals surface area contributed by atoms with Gasteiger partial charge in [-0.25, -0.2) is 0 Å². The molecule has 1 unspecified atom stereocenters. The van der Waals surface area contributed by atoms with Crippen molar-refractivity contribution in [3.05, 3.63) is 35.4 Å². The number of benzene rings is 1. The van der Waals surface area contributed by atoms with Crippen LogP contribution in [0.2, 0.25) is 0 Å². The Morgan fingerprint density at radius 3 is 2.31 bits per heavy atom. The van der Waals surface area contributed by atoms with E-state index in [-0.39, 0.29) is 23.0 Å². The zero-order chi connectivity index (χ0) is 20.6. The minimum absolute atomic E-state index is 0.0444. The lowest BCUT2D eigenvalue weighted by molar-refractivity contribution is -0.140. The molecule has 1 saturated carbocycles. The molecule has 3 fully saturated rings. The van der Waals surface area contributed by atoms with Crippen molar-refractivity contribution >= 4 is 11.8 Å². The molecule has 2 amide bonds. The third-order valence-corrected chi connectivity index (χ3v) is 6.23. The molecule has 5 nitrogen and oxygen atoms in total. The van der Waals surface area contributed by atoms with E-state index < -0.39 is 17.8 Å².